The summed E-state index contributed by atoms with van der Waals surface area (Å²) in [6, 6.07) is 11.1. The van der Waals surface area contributed by atoms with Gasteiger partial charge >= 0.3 is 0 Å². The molecule has 3 N–H and O–H groups in total. The van der Waals surface area contributed by atoms with Gasteiger partial charge < -0.3 is 15.2 Å². The Kier molecular flexibility index (Phi) is 6.48. The van der Waals surface area contributed by atoms with E-state index in [1.54, 1.807) is 24.3 Å². The summed E-state index contributed by atoms with van der Waals surface area (Å²) < 4.78 is 33.0. The van der Waals surface area contributed by atoms with Crippen LogP contribution in [0.5, 0.6) is 5.75 Å². The number of aromatic nitrogens is 2. The lowest BCUT2D eigenvalue weighted by molar-refractivity contribution is -0.0440. The van der Waals surface area contributed by atoms with E-state index in [0.29, 0.717) is 30.0 Å². The number of aryl methyl sites for hydroxylation is 2. The number of morpholine rings is 1. The van der Waals surface area contributed by atoms with Gasteiger partial charge in [-0.05, 0) is 81.3 Å². The standard InChI is InChI=1S/C24H28N4O5S/c1-14-9-20(23(29)10-15(14)2)21-11-22(27-26-21)24(30)25-18-5-7-19(8-6-18)34(31,32)28-12-16(3)33-17(4)13-28/h5-11,16-17,29H,12-13H2,1-4H3,(H,25,30)(H,26,27). The summed E-state index contributed by atoms with van der Waals surface area (Å²) in [5, 5.41) is 19.8. The molecule has 1 amide bonds. The van der Waals surface area contributed by atoms with E-state index in [1.807, 2.05) is 33.8 Å². The molecule has 1 aliphatic rings. The number of anilines is 1. The van der Waals surface area contributed by atoms with Crippen LogP contribution in [0.1, 0.15) is 35.5 Å². The maximum atomic E-state index is 13.0. The largest absolute Gasteiger partial charge is 0.507 e. The van der Waals surface area contributed by atoms with Crippen LogP contribution < -0.4 is 5.32 Å². The molecule has 3 aromatic rings. The first-order valence-corrected chi connectivity index (χ1v) is 12.4. The fourth-order valence-electron chi connectivity index (χ4n) is 3.97. The third-order valence-corrected chi connectivity index (χ3v) is 7.69. The molecular weight excluding hydrogens is 456 g/mol. The van der Waals surface area contributed by atoms with Gasteiger partial charge in [-0.2, -0.15) is 9.40 Å². The number of nitrogens with zero attached hydrogens (tertiary/aromatic N) is 2. The number of benzene rings is 2. The molecule has 1 saturated heterocycles. The molecule has 2 heterocycles. The van der Waals surface area contributed by atoms with Crippen molar-refractivity contribution in [3.63, 3.8) is 0 Å². The zero-order chi connectivity index (χ0) is 24.6. The summed E-state index contributed by atoms with van der Waals surface area (Å²) in [6.07, 6.45) is -0.357. The van der Waals surface area contributed by atoms with Crippen LogP contribution in [0.4, 0.5) is 5.69 Å². The van der Waals surface area contributed by atoms with Gasteiger partial charge in [0.1, 0.15) is 11.4 Å². The molecule has 2 unspecified atom stereocenters. The van der Waals surface area contributed by atoms with Crippen LogP contribution >= 0.6 is 0 Å². The van der Waals surface area contributed by atoms with Crippen LogP contribution in [0.2, 0.25) is 0 Å². The van der Waals surface area contributed by atoms with E-state index in [4.69, 9.17) is 4.74 Å². The number of carbonyl (C=O) groups excluding carboxylic acids is 1. The molecule has 180 valence electrons. The predicted octanol–water partition coefficient (Wildman–Crippen LogP) is 3.45. The summed E-state index contributed by atoms with van der Waals surface area (Å²) in [4.78, 5) is 12.8. The third kappa shape index (κ3) is 4.84. The molecule has 2 aromatic carbocycles. The second kappa shape index (κ2) is 9.21. The van der Waals surface area contributed by atoms with E-state index in [9.17, 15) is 18.3 Å². The number of ether oxygens (including phenoxy) is 1. The number of aromatic amines is 1. The first-order valence-electron chi connectivity index (χ1n) is 11.0. The molecule has 1 aliphatic heterocycles. The van der Waals surface area contributed by atoms with Crippen molar-refractivity contribution < 1.29 is 23.1 Å². The van der Waals surface area contributed by atoms with Gasteiger partial charge in [-0.25, -0.2) is 8.42 Å². The summed E-state index contributed by atoms with van der Waals surface area (Å²) in [7, 11) is -3.66. The number of carbonyl (C=O) groups is 1. The average Bonchev–Trinajstić information content (AvgIpc) is 3.26. The number of aromatic hydroxyl groups is 1. The fraction of sp³-hybridized carbons (Fsp3) is 0.333. The first-order chi connectivity index (χ1) is 16.0. The second-order valence-corrected chi connectivity index (χ2v) is 10.6. The maximum Gasteiger partial charge on any atom is 0.273 e. The van der Waals surface area contributed by atoms with Gasteiger partial charge in [0.15, 0.2) is 0 Å². The van der Waals surface area contributed by atoms with Crippen molar-refractivity contribution in [2.45, 2.75) is 44.8 Å². The molecular formula is C24H28N4O5S. The number of sulfonamides is 1. The highest BCUT2D eigenvalue weighted by atomic mass is 32.2. The van der Waals surface area contributed by atoms with E-state index in [2.05, 4.69) is 15.5 Å². The van der Waals surface area contributed by atoms with Crippen LogP contribution in [0.3, 0.4) is 0 Å². The topological polar surface area (TPSA) is 125 Å². The van der Waals surface area contributed by atoms with Gasteiger partial charge in [0.25, 0.3) is 5.91 Å². The molecule has 1 fully saturated rings. The lowest BCUT2D eigenvalue weighted by Crippen LogP contribution is -2.48. The Balaban J connectivity index is 1.47. The molecule has 34 heavy (non-hydrogen) atoms. The van der Waals surface area contributed by atoms with E-state index in [0.717, 1.165) is 11.1 Å². The Morgan fingerprint density at radius 2 is 1.71 bits per heavy atom. The molecule has 9 nitrogen and oxygen atoms in total. The lowest BCUT2D eigenvalue weighted by atomic mass is 10.0. The van der Waals surface area contributed by atoms with Crippen molar-refractivity contribution in [1.29, 1.82) is 0 Å². The number of phenolic OH excluding ortho intramolecular Hbond substituents is 1. The van der Waals surface area contributed by atoms with Crippen molar-refractivity contribution >= 4 is 21.6 Å². The van der Waals surface area contributed by atoms with E-state index in [-0.39, 0.29) is 28.5 Å². The van der Waals surface area contributed by atoms with Crippen LogP contribution in [-0.2, 0) is 14.8 Å². The van der Waals surface area contributed by atoms with Crippen LogP contribution in [-0.4, -0.2) is 59.2 Å². The Morgan fingerprint density at radius 1 is 1.09 bits per heavy atom. The highest BCUT2D eigenvalue weighted by Crippen LogP contribution is 2.31. The summed E-state index contributed by atoms with van der Waals surface area (Å²) >= 11 is 0. The highest BCUT2D eigenvalue weighted by molar-refractivity contribution is 7.89. The Bertz CT molecular complexity index is 1310. The summed E-state index contributed by atoms with van der Waals surface area (Å²) in [5.41, 5.74) is 3.58. The molecule has 0 aliphatic carbocycles. The smallest absolute Gasteiger partial charge is 0.273 e. The minimum atomic E-state index is -3.66. The Hall–Kier alpha value is -3.21. The van der Waals surface area contributed by atoms with Gasteiger partial charge in [-0.15, -0.1) is 0 Å². The van der Waals surface area contributed by atoms with Gasteiger partial charge in [0.05, 0.1) is 22.8 Å². The van der Waals surface area contributed by atoms with E-state index in [1.165, 1.54) is 16.4 Å². The third-order valence-electron chi connectivity index (χ3n) is 5.85. The molecule has 0 saturated carbocycles. The minimum absolute atomic E-state index is 0.0856. The van der Waals surface area contributed by atoms with Gasteiger partial charge in [-0.3, -0.25) is 9.89 Å². The quantitative estimate of drug-likeness (QED) is 0.510. The molecule has 0 spiro atoms. The van der Waals surface area contributed by atoms with Gasteiger partial charge in [-0.1, -0.05) is 0 Å². The van der Waals surface area contributed by atoms with Crippen molar-refractivity contribution in [2.75, 3.05) is 18.4 Å². The van der Waals surface area contributed by atoms with Crippen molar-refractivity contribution in [2.24, 2.45) is 0 Å². The van der Waals surface area contributed by atoms with Crippen LogP contribution in [0, 0.1) is 13.8 Å². The number of H-pyrrole nitrogens is 1. The number of hydrogen-bond acceptors (Lipinski definition) is 6. The van der Waals surface area contributed by atoms with E-state index >= 15 is 0 Å². The second-order valence-electron chi connectivity index (χ2n) is 8.68. The lowest BCUT2D eigenvalue weighted by Gasteiger charge is -2.34. The van der Waals surface area contributed by atoms with Crippen LogP contribution in [0.25, 0.3) is 11.3 Å². The molecule has 1 aromatic heterocycles. The number of nitrogens with one attached hydrogen (secondary N) is 2. The van der Waals surface area contributed by atoms with Crippen LogP contribution in [0.15, 0.2) is 47.4 Å². The summed E-state index contributed by atoms with van der Waals surface area (Å²) in [6.45, 7) is 8.12. The number of hydrogen-bond donors (Lipinski definition) is 3. The summed E-state index contributed by atoms with van der Waals surface area (Å²) in [5.74, 6) is -0.351. The normalized spacial score (nSPS) is 19.2. The molecule has 10 heteroatoms. The molecule has 2 atom stereocenters. The number of phenols is 1. The van der Waals surface area contributed by atoms with Gasteiger partial charge in [0.2, 0.25) is 10.0 Å². The Labute approximate surface area is 198 Å². The zero-order valence-electron chi connectivity index (χ0n) is 19.5. The fourth-order valence-corrected chi connectivity index (χ4v) is 5.56. The molecule has 0 bridgehead atoms. The highest BCUT2D eigenvalue weighted by Gasteiger charge is 2.32. The van der Waals surface area contributed by atoms with Gasteiger partial charge in [0, 0.05) is 24.3 Å². The average molecular weight is 485 g/mol. The number of amides is 1. The molecule has 4 rings (SSSR count). The maximum absolute atomic E-state index is 13.0. The van der Waals surface area contributed by atoms with Crippen molar-refractivity contribution in [1.82, 2.24) is 14.5 Å². The number of rotatable bonds is 5. The predicted molar refractivity (Wildman–Crippen MR) is 128 cm³/mol. The van der Waals surface area contributed by atoms with Crippen molar-refractivity contribution in [3.05, 3.63) is 59.3 Å². The SMILES string of the molecule is Cc1cc(O)c(-c2cc(C(=O)Nc3ccc(S(=O)(=O)N4CC(C)OC(C)C4)cc3)[nH]n2)cc1C. The van der Waals surface area contributed by atoms with Crippen molar-refractivity contribution in [3.8, 4) is 17.0 Å². The minimum Gasteiger partial charge on any atom is -0.507 e. The monoisotopic (exact) mass is 484 g/mol. The molecule has 0 radical (unpaired) electrons. The van der Waals surface area contributed by atoms with E-state index < -0.39 is 15.9 Å². The zero-order valence-corrected chi connectivity index (χ0v) is 20.3. The Morgan fingerprint density at radius 3 is 2.35 bits per heavy atom. The first kappa shape index (κ1) is 23.9.